The number of tetrazole rings is 1. The van der Waals surface area contributed by atoms with Crippen LogP contribution in [0.5, 0.6) is 0 Å². The van der Waals surface area contributed by atoms with Crippen LogP contribution in [0.15, 0.2) is 22.6 Å². The van der Waals surface area contributed by atoms with Gasteiger partial charge in [-0.3, -0.25) is 19.3 Å². The highest BCUT2D eigenvalue weighted by atomic mass is 35.5. The van der Waals surface area contributed by atoms with E-state index in [1.807, 2.05) is 25.9 Å². The molecule has 2 amide bonds. The van der Waals surface area contributed by atoms with E-state index in [-0.39, 0.29) is 56.1 Å². The van der Waals surface area contributed by atoms with Gasteiger partial charge in [-0.1, -0.05) is 36.4 Å². The van der Waals surface area contributed by atoms with Gasteiger partial charge in [-0.15, -0.1) is 51.9 Å². The van der Waals surface area contributed by atoms with Crippen molar-refractivity contribution in [3.63, 3.8) is 0 Å². The van der Waals surface area contributed by atoms with Crippen LogP contribution in [0, 0.1) is 0 Å². The molecule has 4 heterocycles. The van der Waals surface area contributed by atoms with E-state index in [4.69, 9.17) is 15.3 Å². The lowest BCUT2D eigenvalue weighted by Gasteiger charge is -2.49. The molecule has 2 aliphatic heterocycles. The number of halogens is 2. The molecule has 0 bridgehead atoms. The van der Waals surface area contributed by atoms with Gasteiger partial charge in [-0.25, -0.2) is 9.48 Å². The van der Waals surface area contributed by atoms with Gasteiger partial charge in [0, 0.05) is 24.5 Å². The Labute approximate surface area is 286 Å². The van der Waals surface area contributed by atoms with Gasteiger partial charge in [0.05, 0.1) is 24.9 Å². The van der Waals surface area contributed by atoms with E-state index in [1.165, 1.54) is 34.6 Å². The molecule has 46 heavy (non-hydrogen) atoms. The first-order chi connectivity index (χ1) is 21.2. The molecule has 0 aliphatic carbocycles. The first kappa shape index (κ1) is 39.1. The number of esters is 2. The SMILES string of the molecule is CCCCCC(=O)OCCOC(=O)C1=C(CSc2nnnn2CCN(C)C)CS[C@H]2[C@H](NC(=O)Cc3cnn(N)n3)C(=O)N12.Cl.Cl. The van der Waals surface area contributed by atoms with E-state index in [2.05, 4.69) is 31.0 Å². The maximum Gasteiger partial charge on any atom is 0.355 e. The van der Waals surface area contributed by atoms with Gasteiger partial charge in [0.2, 0.25) is 11.1 Å². The van der Waals surface area contributed by atoms with Crippen molar-refractivity contribution in [2.45, 2.75) is 62.1 Å². The normalized spacial score (nSPS) is 17.0. The van der Waals surface area contributed by atoms with E-state index >= 15 is 0 Å². The third-order valence-corrected chi connectivity index (χ3v) is 9.04. The third-order valence-electron chi connectivity index (χ3n) is 6.65. The molecule has 1 fully saturated rings. The molecule has 2 aromatic rings. The van der Waals surface area contributed by atoms with Crippen LogP contribution in [-0.4, -0.2) is 126 Å². The molecule has 256 valence electrons. The van der Waals surface area contributed by atoms with Crippen LogP contribution in [-0.2, 0) is 41.6 Å². The number of carbonyl (C=O) groups is 4. The molecule has 3 N–H and O–H groups in total. The van der Waals surface area contributed by atoms with E-state index in [9.17, 15) is 19.2 Å². The van der Waals surface area contributed by atoms with Gasteiger partial charge in [0.1, 0.15) is 30.3 Å². The number of amides is 2. The highest BCUT2D eigenvalue weighted by Gasteiger charge is 2.54. The minimum atomic E-state index is -0.833. The molecule has 2 atom stereocenters. The second-order valence-electron chi connectivity index (χ2n) is 10.3. The van der Waals surface area contributed by atoms with Crippen molar-refractivity contribution in [2.75, 3.05) is 51.2 Å². The quantitative estimate of drug-likeness (QED) is 0.0727. The van der Waals surface area contributed by atoms with Crippen LogP contribution in [0.4, 0.5) is 0 Å². The van der Waals surface area contributed by atoms with E-state index in [0.29, 0.717) is 40.9 Å². The predicted octanol–water partition coefficient (Wildman–Crippen LogP) is 0.0391. The molecule has 2 aliphatic rings. The minimum absolute atomic E-state index is 0. The second-order valence-corrected chi connectivity index (χ2v) is 12.4. The number of aromatic nitrogens is 7. The zero-order valence-corrected chi connectivity index (χ0v) is 29.0. The molecule has 0 radical (unpaired) electrons. The first-order valence-electron chi connectivity index (χ1n) is 14.2. The summed E-state index contributed by atoms with van der Waals surface area (Å²) in [6.45, 7) is 3.11. The smallest absolute Gasteiger partial charge is 0.355 e. The van der Waals surface area contributed by atoms with Gasteiger partial charge in [0.25, 0.3) is 5.91 Å². The Morgan fingerprint density at radius 3 is 2.65 bits per heavy atom. The van der Waals surface area contributed by atoms with Crippen LogP contribution < -0.4 is 11.2 Å². The molecular formula is C25H39Cl2N11O6S2. The van der Waals surface area contributed by atoms with Crippen LogP contribution in [0.3, 0.4) is 0 Å². The number of rotatable bonds is 17. The zero-order chi connectivity index (χ0) is 31.6. The van der Waals surface area contributed by atoms with E-state index in [1.54, 1.807) is 4.68 Å². The van der Waals surface area contributed by atoms with Crippen molar-refractivity contribution in [1.82, 2.24) is 50.4 Å². The number of hydrogen-bond acceptors (Lipinski definition) is 15. The molecule has 17 nitrogen and oxygen atoms in total. The molecule has 0 saturated carbocycles. The van der Waals surface area contributed by atoms with Gasteiger partial charge in [-0.05, 0) is 36.5 Å². The largest absolute Gasteiger partial charge is 0.462 e. The summed E-state index contributed by atoms with van der Waals surface area (Å²) in [7, 11) is 3.90. The lowest BCUT2D eigenvalue weighted by molar-refractivity contribution is -0.155. The number of hydrogen-bond donors (Lipinski definition) is 2. The van der Waals surface area contributed by atoms with Crippen molar-refractivity contribution in [3.05, 3.63) is 23.2 Å². The van der Waals surface area contributed by atoms with Gasteiger partial charge in [0.15, 0.2) is 0 Å². The summed E-state index contributed by atoms with van der Waals surface area (Å²) in [5.41, 5.74) is 1.13. The minimum Gasteiger partial charge on any atom is -0.462 e. The van der Waals surface area contributed by atoms with Crippen molar-refractivity contribution < 1.29 is 28.7 Å². The Hall–Kier alpha value is -3.13. The van der Waals surface area contributed by atoms with E-state index < -0.39 is 29.2 Å². The third kappa shape index (κ3) is 10.4. The lowest BCUT2D eigenvalue weighted by Crippen LogP contribution is -2.70. The van der Waals surface area contributed by atoms with Gasteiger partial charge in [-0.2, -0.15) is 0 Å². The predicted molar refractivity (Wildman–Crippen MR) is 174 cm³/mol. The second kappa shape index (κ2) is 18.9. The van der Waals surface area contributed by atoms with Crippen molar-refractivity contribution in [2.24, 2.45) is 0 Å². The molecular weight excluding hydrogens is 685 g/mol. The summed E-state index contributed by atoms with van der Waals surface area (Å²) >= 11 is 2.77. The molecule has 0 aromatic carbocycles. The number of unbranched alkanes of at least 4 members (excludes halogenated alkanes) is 2. The van der Waals surface area contributed by atoms with Gasteiger partial charge >= 0.3 is 11.9 Å². The van der Waals surface area contributed by atoms with Crippen LogP contribution >= 0.6 is 48.3 Å². The Kier molecular flexibility index (Phi) is 16.0. The monoisotopic (exact) mass is 723 g/mol. The lowest BCUT2D eigenvalue weighted by atomic mass is 10.0. The van der Waals surface area contributed by atoms with Crippen LogP contribution in [0.1, 0.15) is 38.3 Å². The molecule has 1 saturated heterocycles. The summed E-state index contributed by atoms with van der Waals surface area (Å²) in [5.74, 6) is 4.25. The van der Waals surface area contributed by atoms with Crippen molar-refractivity contribution in [1.29, 1.82) is 0 Å². The number of nitrogen functional groups attached to an aromatic ring is 1. The Morgan fingerprint density at radius 2 is 1.96 bits per heavy atom. The zero-order valence-electron chi connectivity index (χ0n) is 25.7. The average Bonchev–Trinajstić information content (AvgIpc) is 3.63. The molecule has 2 aromatic heterocycles. The number of β-lactam (4-membered cyclic amide) rings is 1. The summed E-state index contributed by atoms with van der Waals surface area (Å²) < 4.78 is 12.3. The summed E-state index contributed by atoms with van der Waals surface area (Å²) in [6, 6.07) is -0.833. The molecule has 21 heteroatoms. The Balaban J connectivity index is 0.00000368. The van der Waals surface area contributed by atoms with Crippen molar-refractivity contribution >= 4 is 72.1 Å². The number of nitrogens with two attached hydrogens (primary N) is 1. The molecule has 0 spiro atoms. The number of thioether (sulfide) groups is 2. The number of ether oxygens (including phenoxy) is 2. The fourth-order valence-corrected chi connectivity index (χ4v) is 6.79. The standard InChI is InChI=1S/C25H37N11O6S2.2ClH/c1-4-5-6-7-19(38)41-10-11-42-24(40)21-16(15-44-25-29-31-32-34(25)9-8-33(2)3)14-43-23-20(22(39)35(21)23)28-18(37)12-17-13-27-36(26)30-17;;/h13,20,23H,4-12,14-15,26H2,1-3H3,(H,28,37);2*1H/t20-,23+;;/m1../s1. The Morgan fingerprint density at radius 1 is 1.20 bits per heavy atom. The topological polar surface area (TPSA) is 206 Å². The van der Waals surface area contributed by atoms with Crippen LogP contribution in [0.25, 0.3) is 0 Å². The van der Waals surface area contributed by atoms with Crippen LogP contribution in [0.2, 0.25) is 0 Å². The fraction of sp³-hybridized carbons (Fsp3) is 0.640. The number of nitrogens with zero attached hydrogens (tertiary/aromatic N) is 9. The summed E-state index contributed by atoms with van der Waals surface area (Å²) in [5, 5.41) is 22.3. The first-order valence-corrected chi connectivity index (χ1v) is 16.2. The number of carbonyl (C=O) groups excluding carboxylic acids is 4. The highest BCUT2D eigenvalue weighted by molar-refractivity contribution is 8.01. The number of nitrogens with one attached hydrogen (secondary N) is 1. The fourth-order valence-electron chi connectivity index (χ4n) is 4.40. The summed E-state index contributed by atoms with van der Waals surface area (Å²) in [4.78, 5) is 55.4. The molecule has 0 unspecified atom stereocenters. The van der Waals surface area contributed by atoms with E-state index in [0.717, 1.165) is 30.7 Å². The number of likely N-dealkylation sites (N-methyl/N-ethyl adjacent to an activating group) is 1. The van der Waals surface area contributed by atoms with Crippen molar-refractivity contribution in [3.8, 4) is 0 Å². The van der Waals surface area contributed by atoms with Gasteiger partial charge < -0.3 is 25.5 Å². The Bertz CT molecular complexity index is 1380. The average molecular weight is 725 g/mol. The maximum absolute atomic E-state index is 13.4. The maximum atomic E-state index is 13.4. The molecule has 4 rings (SSSR count). The number of fused-ring (bicyclic) bond motifs is 1. The highest BCUT2D eigenvalue weighted by Crippen LogP contribution is 2.41. The summed E-state index contributed by atoms with van der Waals surface area (Å²) in [6.07, 6.45) is 4.22.